The average Bonchev–Trinajstić information content (AvgIpc) is 2.84. The molecule has 0 spiro atoms. The molecular formula is C29H42N2OS2. The molecule has 0 aromatic heterocycles. The number of nitrogens with one attached hydrogen (secondary N) is 2. The Kier molecular flexibility index (Phi) is 11.4. The van der Waals surface area contributed by atoms with Crippen LogP contribution in [0.15, 0.2) is 54.6 Å². The molecule has 0 radical (unpaired) electrons. The van der Waals surface area contributed by atoms with Gasteiger partial charge in [-0.15, -0.1) is 0 Å². The van der Waals surface area contributed by atoms with E-state index in [1.54, 1.807) is 0 Å². The Morgan fingerprint density at radius 2 is 1.68 bits per heavy atom. The van der Waals surface area contributed by atoms with Crippen molar-refractivity contribution in [2.24, 2.45) is 11.8 Å². The molecule has 2 aromatic carbocycles. The van der Waals surface area contributed by atoms with Crippen molar-refractivity contribution >= 4 is 28.5 Å². The molecule has 0 fully saturated rings. The van der Waals surface area contributed by atoms with Crippen LogP contribution in [0, 0.1) is 18.8 Å². The van der Waals surface area contributed by atoms with E-state index in [1.165, 1.54) is 47.1 Å². The first-order chi connectivity index (χ1) is 16.4. The summed E-state index contributed by atoms with van der Waals surface area (Å²) in [4.78, 5) is 0. The van der Waals surface area contributed by atoms with E-state index in [0.717, 1.165) is 31.8 Å². The molecule has 2 N–H and O–H groups in total. The highest BCUT2D eigenvalue weighted by Crippen LogP contribution is 2.34. The fourth-order valence-corrected chi connectivity index (χ4v) is 5.97. The molecule has 186 valence electrons. The zero-order chi connectivity index (χ0) is 24.3. The van der Waals surface area contributed by atoms with Gasteiger partial charge in [-0.05, 0) is 73.1 Å². The molecule has 1 aliphatic carbocycles. The predicted molar refractivity (Wildman–Crippen MR) is 151 cm³/mol. The van der Waals surface area contributed by atoms with Gasteiger partial charge in [-0.2, -0.15) is 0 Å². The fourth-order valence-electron chi connectivity index (χ4n) is 4.38. The molecule has 0 amide bonds. The largest absolute Gasteiger partial charge is 0.264 e. The Labute approximate surface area is 214 Å². The van der Waals surface area contributed by atoms with Crippen LogP contribution in [0.3, 0.4) is 0 Å². The topological polar surface area (TPSA) is 41.1 Å². The maximum Gasteiger partial charge on any atom is 0.0918 e. The number of aryl methyl sites for hydroxylation is 2. The molecule has 1 aliphatic rings. The monoisotopic (exact) mass is 498 g/mol. The minimum atomic E-state index is -0.985. The molecule has 3 atom stereocenters. The first-order valence-electron chi connectivity index (χ1n) is 12.7. The van der Waals surface area contributed by atoms with Gasteiger partial charge < -0.3 is 0 Å². The maximum atomic E-state index is 12.3. The van der Waals surface area contributed by atoms with E-state index >= 15 is 0 Å². The molecule has 0 bridgehead atoms. The van der Waals surface area contributed by atoms with Gasteiger partial charge in [0.2, 0.25) is 0 Å². The molecule has 2 aromatic rings. The maximum absolute atomic E-state index is 12.3. The summed E-state index contributed by atoms with van der Waals surface area (Å²) in [6.07, 6.45) is 7.85. The molecule has 3 nitrogen and oxygen atoms in total. The molecule has 34 heavy (non-hydrogen) atoms. The van der Waals surface area contributed by atoms with Crippen LogP contribution >= 0.6 is 11.9 Å². The van der Waals surface area contributed by atoms with Gasteiger partial charge in [0.1, 0.15) is 0 Å². The summed E-state index contributed by atoms with van der Waals surface area (Å²) < 4.78 is 19.0. The fraction of sp³-hybridized carbons (Fsp3) is 0.517. The molecule has 0 saturated carbocycles. The van der Waals surface area contributed by atoms with Gasteiger partial charge in [0.25, 0.3) is 0 Å². The second-order valence-corrected chi connectivity index (χ2v) is 12.7. The SMILES string of the molecule is Cc1ccc(CCS(=O)NCCc2ccc(C3=CCC(C(C)CNSC(C)C)CC3)cc2)cc1. The van der Waals surface area contributed by atoms with Crippen LogP contribution in [0.5, 0.6) is 0 Å². The Hall–Kier alpha value is -1.40. The third-order valence-corrected chi connectivity index (χ3v) is 8.58. The van der Waals surface area contributed by atoms with Crippen molar-refractivity contribution in [3.8, 4) is 0 Å². The summed E-state index contributed by atoms with van der Waals surface area (Å²) in [6.45, 7) is 10.8. The van der Waals surface area contributed by atoms with Crippen LogP contribution in [-0.4, -0.2) is 28.3 Å². The summed E-state index contributed by atoms with van der Waals surface area (Å²) in [5.74, 6) is 2.14. The highest BCUT2D eigenvalue weighted by molar-refractivity contribution is 7.97. The molecule has 0 heterocycles. The van der Waals surface area contributed by atoms with Crippen LogP contribution in [-0.2, 0) is 23.8 Å². The Morgan fingerprint density at radius 1 is 1.00 bits per heavy atom. The molecule has 3 rings (SSSR count). The van der Waals surface area contributed by atoms with Crippen molar-refractivity contribution in [2.45, 2.75) is 65.0 Å². The van der Waals surface area contributed by atoms with Gasteiger partial charge in [0.05, 0.1) is 11.0 Å². The summed E-state index contributed by atoms with van der Waals surface area (Å²) >= 11 is 1.84. The minimum Gasteiger partial charge on any atom is -0.264 e. The van der Waals surface area contributed by atoms with Crippen molar-refractivity contribution < 1.29 is 4.21 Å². The van der Waals surface area contributed by atoms with Crippen LogP contribution in [0.25, 0.3) is 5.57 Å². The van der Waals surface area contributed by atoms with Gasteiger partial charge in [-0.3, -0.25) is 4.72 Å². The molecule has 0 aliphatic heterocycles. The van der Waals surface area contributed by atoms with Gasteiger partial charge in [0, 0.05) is 24.1 Å². The van der Waals surface area contributed by atoms with E-state index in [-0.39, 0.29) is 0 Å². The van der Waals surface area contributed by atoms with Crippen molar-refractivity contribution in [2.75, 3.05) is 18.8 Å². The summed E-state index contributed by atoms with van der Waals surface area (Å²) in [7, 11) is -0.985. The van der Waals surface area contributed by atoms with E-state index in [2.05, 4.69) is 91.7 Å². The van der Waals surface area contributed by atoms with E-state index in [1.807, 2.05) is 11.9 Å². The molecule has 0 saturated heterocycles. The highest BCUT2D eigenvalue weighted by atomic mass is 32.2. The van der Waals surface area contributed by atoms with Crippen LogP contribution in [0.2, 0.25) is 0 Å². The first kappa shape index (κ1) is 27.2. The van der Waals surface area contributed by atoms with Gasteiger partial charge in [-0.25, -0.2) is 8.93 Å². The third-order valence-electron chi connectivity index (χ3n) is 6.68. The normalized spacial score (nSPS) is 18.0. The lowest BCUT2D eigenvalue weighted by molar-refractivity contribution is 0.336. The summed E-state index contributed by atoms with van der Waals surface area (Å²) in [5.41, 5.74) is 6.66. The quantitative estimate of drug-likeness (QED) is 0.310. The first-order valence-corrected chi connectivity index (χ1v) is 14.9. The van der Waals surface area contributed by atoms with Crippen LogP contribution in [0.1, 0.15) is 62.3 Å². The van der Waals surface area contributed by atoms with Crippen LogP contribution < -0.4 is 9.44 Å². The Balaban J connectivity index is 1.37. The number of rotatable bonds is 13. The molecule has 3 unspecified atom stereocenters. The van der Waals surface area contributed by atoms with Gasteiger partial charge in [0.15, 0.2) is 0 Å². The molecular weight excluding hydrogens is 456 g/mol. The number of allylic oxidation sites excluding steroid dienone is 2. The second-order valence-electron chi connectivity index (χ2n) is 9.88. The van der Waals surface area contributed by atoms with Crippen molar-refractivity contribution in [3.63, 3.8) is 0 Å². The second kappa shape index (κ2) is 14.2. The van der Waals surface area contributed by atoms with E-state index < -0.39 is 11.0 Å². The van der Waals surface area contributed by atoms with Gasteiger partial charge >= 0.3 is 0 Å². The summed E-state index contributed by atoms with van der Waals surface area (Å²) in [6, 6.07) is 17.5. The number of hydrogen-bond acceptors (Lipinski definition) is 3. The lowest BCUT2D eigenvalue weighted by Crippen LogP contribution is -2.24. The minimum absolute atomic E-state index is 0.634. The predicted octanol–water partition coefficient (Wildman–Crippen LogP) is 6.50. The average molecular weight is 499 g/mol. The third kappa shape index (κ3) is 9.33. The van der Waals surface area contributed by atoms with E-state index in [9.17, 15) is 4.21 Å². The Morgan fingerprint density at radius 3 is 2.32 bits per heavy atom. The lowest BCUT2D eigenvalue weighted by Gasteiger charge is -2.28. The van der Waals surface area contributed by atoms with Crippen LogP contribution in [0.4, 0.5) is 0 Å². The standard InChI is InChI=1S/C29H42N2OS2/c1-22(2)33-30-21-24(4)27-13-15-29(16-14-27)28-11-9-25(10-12-28)17-19-31-34(32)20-18-26-7-5-23(3)6-8-26/h5-12,15,22,24,27,30-31H,13-14,16-21H2,1-4H3. The number of benzene rings is 2. The highest BCUT2D eigenvalue weighted by Gasteiger charge is 2.21. The van der Waals surface area contributed by atoms with Crippen molar-refractivity contribution in [3.05, 3.63) is 76.9 Å². The van der Waals surface area contributed by atoms with E-state index in [0.29, 0.717) is 16.9 Å². The van der Waals surface area contributed by atoms with Crippen molar-refractivity contribution in [1.82, 2.24) is 9.44 Å². The van der Waals surface area contributed by atoms with Gasteiger partial charge in [-0.1, -0.05) is 92.9 Å². The zero-order valence-electron chi connectivity index (χ0n) is 21.3. The zero-order valence-corrected chi connectivity index (χ0v) is 22.9. The molecule has 5 heteroatoms. The van der Waals surface area contributed by atoms with E-state index in [4.69, 9.17) is 0 Å². The lowest BCUT2D eigenvalue weighted by atomic mass is 9.80. The Bertz CT molecular complexity index is 922. The number of hydrogen-bond donors (Lipinski definition) is 2. The summed E-state index contributed by atoms with van der Waals surface area (Å²) in [5, 5.41) is 0.634. The smallest absolute Gasteiger partial charge is 0.0918 e. The van der Waals surface area contributed by atoms with Crippen molar-refractivity contribution in [1.29, 1.82) is 0 Å².